The van der Waals surface area contributed by atoms with E-state index >= 15 is 0 Å². The van der Waals surface area contributed by atoms with Crippen LogP contribution in [0.15, 0.2) is 60.7 Å². The molecule has 0 bridgehead atoms. The highest BCUT2D eigenvalue weighted by Crippen LogP contribution is 2.49. The standard InChI is InChI=1S/C23H20N2O2/c1-27-21-11-8-17(9-12-21)7-10-19-13-20(26)14-22(23(19,15-24)16-25)18-5-3-2-4-6-18/h2-12,19,22H,13-14H2,1H3/b10-7+/t19-,22+/m1/s1. The first-order valence-electron chi connectivity index (χ1n) is 8.84. The average molecular weight is 356 g/mol. The lowest BCUT2D eigenvalue weighted by Crippen LogP contribution is -2.40. The van der Waals surface area contributed by atoms with Gasteiger partial charge in [-0.2, -0.15) is 10.5 Å². The number of carbonyl (C=O) groups is 1. The van der Waals surface area contributed by atoms with E-state index in [-0.39, 0.29) is 18.6 Å². The van der Waals surface area contributed by atoms with Gasteiger partial charge in [-0.25, -0.2) is 0 Å². The molecular weight excluding hydrogens is 336 g/mol. The van der Waals surface area contributed by atoms with Crippen LogP contribution >= 0.6 is 0 Å². The smallest absolute Gasteiger partial charge is 0.157 e. The number of ketones is 1. The van der Waals surface area contributed by atoms with Crippen molar-refractivity contribution < 1.29 is 9.53 Å². The number of hydrogen-bond acceptors (Lipinski definition) is 4. The fourth-order valence-electron chi connectivity index (χ4n) is 3.71. The minimum absolute atomic E-state index is 0.0781. The van der Waals surface area contributed by atoms with Crippen LogP contribution in [-0.4, -0.2) is 12.9 Å². The molecule has 1 saturated carbocycles. The third-order valence-electron chi connectivity index (χ3n) is 5.22. The van der Waals surface area contributed by atoms with Crippen LogP contribution < -0.4 is 4.74 Å². The number of benzene rings is 2. The zero-order chi connectivity index (χ0) is 19.3. The van der Waals surface area contributed by atoms with E-state index in [2.05, 4.69) is 12.1 Å². The lowest BCUT2D eigenvalue weighted by molar-refractivity contribution is -0.123. The summed E-state index contributed by atoms with van der Waals surface area (Å²) in [6, 6.07) is 21.4. The Morgan fingerprint density at radius 2 is 1.70 bits per heavy atom. The summed E-state index contributed by atoms with van der Waals surface area (Å²) in [5, 5.41) is 19.9. The molecule has 3 rings (SSSR count). The van der Waals surface area contributed by atoms with E-state index < -0.39 is 17.3 Å². The van der Waals surface area contributed by atoms with Crippen molar-refractivity contribution in [3.8, 4) is 17.9 Å². The molecule has 0 heterocycles. The largest absolute Gasteiger partial charge is 0.497 e. The molecule has 0 N–H and O–H groups in total. The maximum Gasteiger partial charge on any atom is 0.157 e. The van der Waals surface area contributed by atoms with Crippen LogP contribution in [-0.2, 0) is 4.79 Å². The third kappa shape index (κ3) is 3.61. The summed E-state index contributed by atoms with van der Waals surface area (Å²) < 4.78 is 5.15. The van der Waals surface area contributed by atoms with Crippen molar-refractivity contribution in [3.63, 3.8) is 0 Å². The number of ether oxygens (including phenoxy) is 1. The van der Waals surface area contributed by atoms with Gasteiger partial charge >= 0.3 is 0 Å². The number of nitriles is 2. The normalized spacial score (nSPS) is 21.4. The van der Waals surface area contributed by atoms with Gasteiger partial charge in [0, 0.05) is 24.7 Å². The molecule has 0 aliphatic heterocycles. The summed E-state index contributed by atoms with van der Waals surface area (Å²) in [6.07, 6.45) is 4.13. The van der Waals surface area contributed by atoms with E-state index in [1.807, 2.05) is 66.7 Å². The Kier molecular flexibility index (Phi) is 5.38. The highest BCUT2D eigenvalue weighted by Gasteiger charge is 2.51. The van der Waals surface area contributed by atoms with Crippen molar-refractivity contribution in [1.29, 1.82) is 10.5 Å². The maximum atomic E-state index is 12.4. The number of hydrogen-bond donors (Lipinski definition) is 0. The van der Waals surface area contributed by atoms with Crippen molar-refractivity contribution in [3.05, 3.63) is 71.8 Å². The molecule has 1 fully saturated rings. The van der Waals surface area contributed by atoms with Crippen LogP contribution in [0.1, 0.15) is 29.9 Å². The van der Waals surface area contributed by atoms with Crippen LogP contribution in [0.5, 0.6) is 5.75 Å². The zero-order valence-electron chi connectivity index (χ0n) is 15.1. The number of carbonyl (C=O) groups excluding carboxylic acids is 1. The lowest BCUT2D eigenvalue weighted by atomic mass is 9.59. The number of methoxy groups -OCH3 is 1. The van der Waals surface area contributed by atoms with Gasteiger partial charge in [-0.1, -0.05) is 54.6 Å². The molecule has 0 spiro atoms. The molecule has 2 aromatic carbocycles. The van der Waals surface area contributed by atoms with Gasteiger partial charge in [0.25, 0.3) is 0 Å². The molecule has 0 amide bonds. The van der Waals surface area contributed by atoms with E-state index in [4.69, 9.17) is 4.74 Å². The summed E-state index contributed by atoms with van der Waals surface area (Å²) in [4.78, 5) is 12.4. The van der Waals surface area contributed by atoms with Crippen LogP contribution in [0.4, 0.5) is 0 Å². The van der Waals surface area contributed by atoms with E-state index in [0.29, 0.717) is 0 Å². The zero-order valence-corrected chi connectivity index (χ0v) is 15.1. The van der Waals surface area contributed by atoms with Gasteiger partial charge in [-0.05, 0) is 23.3 Å². The summed E-state index contributed by atoms with van der Waals surface area (Å²) in [5.74, 6) is -0.0524. The molecule has 2 atom stereocenters. The Hall–Kier alpha value is -3.37. The minimum Gasteiger partial charge on any atom is -0.497 e. The molecule has 0 radical (unpaired) electrons. The van der Waals surface area contributed by atoms with E-state index in [1.165, 1.54) is 0 Å². The van der Waals surface area contributed by atoms with Gasteiger partial charge < -0.3 is 4.74 Å². The van der Waals surface area contributed by atoms with Gasteiger partial charge in [0.1, 0.15) is 11.5 Å². The minimum atomic E-state index is -1.27. The Labute approximate surface area is 159 Å². The molecule has 4 nitrogen and oxygen atoms in total. The van der Waals surface area contributed by atoms with Crippen molar-refractivity contribution >= 4 is 11.9 Å². The summed E-state index contributed by atoms with van der Waals surface area (Å²) in [6.45, 7) is 0. The van der Waals surface area contributed by atoms with Gasteiger partial charge in [0.15, 0.2) is 5.41 Å². The predicted molar refractivity (Wildman–Crippen MR) is 103 cm³/mol. The van der Waals surface area contributed by atoms with E-state index in [0.717, 1.165) is 16.9 Å². The summed E-state index contributed by atoms with van der Waals surface area (Å²) in [5.41, 5.74) is 0.518. The van der Waals surface area contributed by atoms with Crippen LogP contribution in [0.25, 0.3) is 6.08 Å². The lowest BCUT2D eigenvalue weighted by Gasteiger charge is -2.38. The van der Waals surface area contributed by atoms with Gasteiger partial charge in [-0.15, -0.1) is 0 Å². The third-order valence-corrected chi connectivity index (χ3v) is 5.22. The molecule has 0 unspecified atom stereocenters. The Morgan fingerprint density at radius 1 is 1.04 bits per heavy atom. The average Bonchev–Trinajstić information content (AvgIpc) is 2.73. The first kappa shape index (κ1) is 18.4. The van der Waals surface area contributed by atoms with Gasteiger partial charge in [0.2, 0.25) is 0 Å². The molecule has 0 saturated heterocycles. The molecule has 2 aromatic rings. The van der Waals surface area contributed by atoms with Gasteiger partial charge in [0.05, 0.1) is 19.2 Å². The number of allylic oxidation sites excluding steroid dienone is 1. The first-order valence-corrected chi connectivity index (χ1v) is 8.84. The van der Waals surface area contributed by atoms with E-state index in [9.17, 15) is 15.3 Å². The molecule has 134 valence electrons. The summed E-state index contributed by atoms with van der Waals surface area (Å²) in [7, 11) is 1.61. The van der Waals surface area contributed by atoms with Crippen molar-refractivity contribution in [2.75, 3.05) is 7.11 Å². The predicted octanol–water partition coefficient (Wildman–Crippen LogP) is 4.50. The van der Waals surface area contributed by atoms with Crippen molar-refractivity contribution in [1.82, 2.24) is 0 Å². The molecule has 4 heteroatoms. The number of nitrogens with zero attached hydrogens (tertiary/aromatic N) is 2. The fourth-order valence-corrected chi connectivity index (χ4v) is 3.71. The quantitative estimate of drug-likeness (QED) is 0.808. The molecular formula is C23H20N2O2. The Morgan fingerprint density at radius 3 is 2.30 bits per heavy atom. The van der Waals surface area contributed by atoms with E-state index in [1.54, 1.807) is 7.11 Å². The second kappa shape index (κ2) is 7.89. The SMILES string of the molecule is COc1ccc(/C=C/[C@@H]2CC(=O)C[C@@H](c3ccccc3)C2(C#N)C#N)cc1. The monoisotopic (exact) mass is 356 g/mol. The van der Waals surface area contributed by atoms with Crippen LogP contribution in [0.2, 0.25) is 0 Å². The molecule has 27 heavy (non-hydrogen) atoms. The Bertz CT molecular complexity index is 904. The van der Waals surface area contributed by atoms with Crippen LogP contribution in [0, 0.1) is 34.0 Å². The first-order chi connectivity index (χ1) is 13.1. The highest BCUT2D eigenvalue weighted by molar-refractivity contribution is 5.82. The Balaban J connectivity index is 1.97. The number of rotatable bonds is 4. The fraction of sp³-hybridized carbons (Fsp3) is 0.261. The van der Waals surface area contributed by atoms with Crippen LogP contribution in [0.3, 0.4) is 0 Å². The highest BCUT2D eigenvalue weighted by atomic mass is 16.5. The van der Waals surface area contributed by atoms with Gasteiger partial charge in [-0.3, -0.25) is 4.79 Å². The second-order valence-electron chi connectivity index (χ2n) is 6.74. The van der Waals surface area contributed by atoms with Crippen molar-refractivity contribution in [2.45, 2.75) is 18.8 Å². The number of Topliss-reactive ketones (excluding diaryl/α,β-unsaturated/α-hetero) is 1. The van der Waals surface area contributed by atoms with Crippen molar-refractivity contribution in [2.24, 2.45) is 11.3 Å². The molecule has 0 aromatic heterocycles. The summed E-state index contributed by atoms with van der Waals surface area (Å²) >= 11 is 0. The topological polar surface area (TPSA) is 73.9 Å². The second-order valence-corrected chi connectivity index (χ2v) is 6.74. The maximum absolute atomic E-state index is 12.4. The molecule has 1 aliphatic carbocycles. The molecule has 1 aliphatic rings.